The lowest BCUT2D eigenvalue weighted by Crippen LogP contribution is -2.15. The fourth-order valence-electron chi connectivity index (χ4n) is 3.24. The monoisotopic (exact) mass is 444 g/mol. The minimum Gasteiger partial charge on any atom is -0.496 e. The number of hydrogen-bond acceptors (Lipinski definition) is 6. The lowest BCUT2D eigenvalue weighted by atomic mass is 10.1. The number of ether oxygens (including phenoxy) is 2. The second-order valence-corrected chi connectivity index (χ2v) is 7.87. The van der Waals surface area contributed by atoms with Gasteiger partial charge in [-0.2, -0.15) is 5.10 Å². The molecular weight excluding hydrogens is 420 g/mol. The van der Waals surface area contributed by atoms with E-state index < -0.39 is 0 Å². The molecule has 0 spiro atoms. The zero-order chi connectivity index (χ0) is 23.5. The number of aryl methyl sites for hydroxylation is 1. The van der Waals surface area contributed by atoms with Gasteiger partial charge in [0.2, 0.25) is 0 Å². The average molecular weight is 444 g/mol. The highest BCUT2D eigenvalue weighted by Gasteiger charge is 2.16. The molecule has 0 saturated heterocycles. The van der Waals surface area contributed by atoms with Crippen LogP contribution in [0.15, 0.2) is 60.8 Å². The molecule has 0 aliphatic heterocycles. The van der Waals surface area contributed by atoms with Crippen molar-refractivity contribution >= 4 is 23.2 Å². The number of anilines is 1. The van der Waals surface area contributed by atoms with Crippen LogP contribution in [0.2, 0.25) is 0 Å². The molecule has 168 valence electrons. The van der Waals surface area contributed by atoms with E-state index in [4.69, 9.17) is 9.47 Å². The second kappa shape index (κ2) is 9.12. The van der Waals surface area contributed by atoms with Crippen molar-refractivity contribution in [3.63, 3.8) is 0 Å². The number of fused-ring (bicyclic) bond motifs is 1. The third-order valence-corrected chi connectivity index (χ3v) is 5.10. The molecule has 0 atom stereocenters. The van der Waals surface area contributed by atoms with Crippen LogP contribution in [-0.4, -0.2) is 33.6 Å². The quantitative estimate of drug-likeness (QED) is 0.347. The predicted molar refractivity (Wildman–Crippen MR) is 125 cm³/mol. The van der Waals surface area contributed by atoms with Gasteiger partial charge in [-0.25, -0.2) is 9.50 Å². The molecule has 0 saturated carbocycles. The molecule has 2 aromatic carbocycles. The fraction of sp³-hybridized carbons (Fsp3) is 0.200. The zero-order valence-electron chi connectivity index (χ0n) is 18.8. The molecule has 2 aromatic heterocycles. The first-order valence-electron chi connectivity index (χ1n) is 10.5. The number of carbonyl (C=O) groups excluding carboxylic acids is 2. The maximum atomic E-state index is 12.8. The molecular formula is C25H24N4O4. The summed E-state index contributed by atoms with van der Waals surface area (Å²) in [6, 6.07) is 15.9. The van der Waals surface area contributed by atoms with E-state index in [-0.39, 0.29) is 23.5 Å². The molecule has 4 rings (SSSR count). The summed E-state index contributed by atoms with van der Waals surface area (Å²) in [6.07, 6.45) is 1.68. The van der Waals surface area contributed by atoms with E-state index in [1.165, 1.54) is 0 Å². The molecule has 0 bridgehead atoms. The molecule has 4 aromatic rings. The van der Waals surface area contributed by atoms with Gasteiger partial charge in [-0.3, -0.25) is 9.59 Å². The Labute approximate surface area is 191 Å². The minimum atomic E-state index is -0.375. The van der Waals surface area contributed by atoms with Crippen LogP contribution in [0, 0.1) is 12.8 Å². The Kier molecular flexibility index (Phi) is 6.08. The number of nitrogens with one attached hydrogen (secondary N) is 1. The summed E-state index contributed by atoms with van der Waals surface area (Å²) in [5, 5.41) is 7.28. The summed E-state index contributed by atoms with van der Waals surface area (Å²) in [4.78, 5) is 28.9. The van der Waals surface area contributed by atoms with E-state index in [9.17, 15) is 9.59 Å². The van der Waals surface area contributed by atoms with Gasteiger partial charge >= 0.3 is 5.97 Å². The molecule has 8 nitrogen and oxygen atoms in total. The van der Waals surface area contributed by atoms with Crippen molar-refractivity contribution in [2.24, 2.45) is 5.92 Å². The summed E-state index contributed by atoms with van der Waals surface area (Å²) >= 11 is 0. The van der Waals surface area contributed by atoms with Gasteiger partial charge in [0.05, 0.1) is 18.7 Å². The molecule has 8 heteroatoms. The first-order valence-corrected chi connectivity index (χ1v) is 10.5. The summed E-state index contributed by atoms with van der Waals surface area (Å²) in [5.41, 5.74) is 4.03. The summed E-state index contributed by atoms with van der Waals surface area (Å²) in [6.45, 7) is 5.50. The van der Waals surface area contributed by atoms with Gasteiger partial charge in [0.15, 0.2) is 11.3 Å². The van der Waals surface area contributed by atoms with Crippen molar-refractivity contribution in [3.05, 3.63) is 72.1 Å². The number of hydrogen-bond donors (Lipinski definition) is 1. The Morgan fingerprint density at radius 3 is 2.48 bits per heavy atom. The van der Waals surface area contributed by atoms with Gasteiger partial charge < -0.3 is 14.8 Å². The van der Waals surface area contributed by atoms with Crippen LogP contribution in [0.3, 0.4) is 0 Å². The van der Waals surface area contributed by atoms with E-state index in [0.29, 0.717) is 17.1 Å². The van der Waals surface area contributed by atoms with Crippen molar-refractivity contribution in [1.82, 2.24) is 14.6 Å². The van der Waals surface area contributed by atoms with Crippen LogP contribution in [0.5, 0.6) is 11.5 Å². The predicted octanol–water partition coefficient (Wildman–Crippen LogP) is 4.53. The van der Waals surface area contributed by atoms with E-state index in [2.05, 4.69) is 15.4 Å². The van der Waals surface area contributed by atoms with Crippen LogP contribution in [0.1, 0.15) is 29.9 Å². The van der Waals surface area contributed by atoms with Crippen molar-refractivity contribution < 1.29 is 19.1 Å². The van der Waals surface area contributed by atoms with Crippen molar-refractivity contribution in [2.75, 3.05) is 12.4 Å². The Morgan fingerprint density at radius 2 is 1.79 bits per heavy atom. The first kappa shape index (κ1) is 22.0. The highest BCUT2D eigenvalue weighted by Crippen LogP contribution is 2.27. The molecule has 0 aliphatic rings. The van der Waals surface area contributed by atoms with Gasteiger partial charge in [0, 0.05) is 23.5 Å². The van der Waals surface area contributed by atoms with Gasteiger partial charge in [-0.1, -0.05) is 26.0 Å². The summed E-state index contributed by atoms with van der Waals surface area (Å²) in [7, 11) is 1.63. The Morgan fingerprint density at radius 1 is 1.03 bits per heavy atom. The van der Waals surface area contributed by atoms with Crippen LogP contribution >= 0.6 is 0 Å². The summed E-state index contributed by atoms with van der Waals surface area (Å²) < 4.78 is 12.3. The number of nitrogens with zero attached hydrogens (tertiary/aromatic N) is 3. The molecule has 0 fully saturated rings. The maximum Gasteiger partial charge on any atom is 0.313 e. The number of aromatic nitrogens is 3. The van der Waals surface area contributed by atoms with Crippen LogP contribution < -0.4 is 14.8 Å². The zero-order valence-corrected chi connectivity index (χ0v) is 18.8. The highest BCUT2D eigenvalue weighted by atomic mass is 16.5. The smallest absolute Gasteiger partial charge is 0.313 e. The third-order valence-electron chi connectivity index (χ3n) is 5.10. The molecule has 0 unspecified atom stereocenters. The molecule has 0 aliphatic carbocycles. The number of methoxy groups -OCH3 is 1. The second-order valence-electron chi connectivity index (χ2n) is 7.87. The van der Waals surface area contributed by atoms with Crippen molar-refractivity contribution in [1.29, 1.82) is 0 Å². The minimum absolute atomic E-state index is 0.223. The number of benzene rings is 2. The largest absolute Gasteiger partial charge is 0.496 e. The Hall–Kier alpha value is -4.20. The van der Waals surface area contributed by atoms with Crippen LogP contribution in [0.25, 0.3) is 16.9 Å². The Bertz CT molecular complexity index is 1330. The first-order chi connectivity index (χ1) is 15.9. The number of carbonyl (C=O) groups is 2. The van der Waals surface area contributed by atoms with Crippen LogP contribution in [0.4, 0.5) is 5.69 Å². The Balaban J connectivity index is 1.56. The lowest BCUT2D eigenvalue weighted by molar-refractivity contribution is -0.137. The molecule has 2 heterocycles. The van der Waals surface area contributed by atoms with Gasteiger partial charge in [-0.15, -0.1) is 0 Å². The number of rotatable bonds is 6. The molecule has 1 amide bonds. The molecule has 1 N–H and O–H groups in total. The number of amides is 1. The van der Waals surface area contributed by atoms with E-state index in [0.717, 1.165) is 22.6 Å². The van der Waals surface area contributed by atoms with E-state index >= 15 is 0 Å². The lowest BCUT2D eigenvalue weighted by Gasteiger charge is -2.09. The topological polar surface area (TPSA) is 94.8 Å². The SMILES string of the molecule is COc1cc(-c2ccnc3cc(C(=O)Nc4ccc(OC(=O)C(C)C)cc4)nn23)ccc1C. The van der Waals surface area contributed by atoms with Crippen molar-refractivity contribution in [2.45, 2.75) is 20.8 Å². The van der Waals surface area contributed by atoms with Gasteiger partial charge in [0.1, 0.15) is 11.5 Å². The van der Waals surface area contributed by atoms with Gasteiger partial charge in [-0.05, 0) is 48.9 Å². The fourth-order valence-corrected chi connectivity index (χ4v) is 3.24. The standard InChI is InChI=1S/C25H24N4O4/c1-15(2)25(31)33-19-9-7-18(8-10-19)27-24(30)20-14-23-26-12-11-21(29(23)28-20)17-6-5-16(3)22(13-17)32-4/h5-15H,1-4H3,(H,27,30). The maximum absolute atomic E-state index is 12.8. The number of esters is 1. The van der Waals surface area contributed by atoms with Crippen molar-refractivity contribution in [3.8, 4) is 22.8 Å². The average Bonchev–Trinajstić information content (AvgIpc) is 3.25. The van der Waals surface area contributed by atoms with E-state index in [1.54, 1.807) is 62.0 Å². The van der Waals surface area contributed by atoms with E-state index in [1.807, 2.05) is 31.2 Å². The normalized spacial score (nSPS) is 10.9. The molecule has 33 heavy (non-hydrogen) atoms. The van der Waals surface area contributed by atoms with Crippen LogP contribution in [-0.2, 0) is 4.79 Å². The highest BCUT2D eigenvalue weighted by molar-refractivity contribution is 6.03. The van der Waals surface area contributed by atoms with Gasteiger partial charge in [0.25, 0.3) is 5.91 Å². The third kappa shape index (κ3) is 4.69. The molecule has 0 radical (unpaired) electrons. The summed E-state index contributed by atoms with van der Waals surface area (Å²) in [5.74, 6) is 0.275.